The van der Waals surface area contributed by atoms with E-state index in [1.165, 1.54) is 11.3 Å². The van der Waals surface area contributed by atoms with Crippen LogP contribution in [-0.2, 0) is 11.3 Å². The number of likely N-dealkylation sites (N-methyl/N-ethyl adjacent to an activating group) is 2. The molecule has 112 valence electrons. The first kappa shape index (κ1) is 15.8. The summed E-state index contributed by atoms with van der Waals surface area (Å²) in [6.45, 7) is 1.05. The molecule has 0 spiro atoms. The first-order valence-electron chi connectivity index (χ1n) is 6.50. The lowest BCUT2D eigenvalue weighted by atomic mass is 10.2. The van der Waals surface area contributed by atoms with Gasteiger partial charge in [0.05, 0.1) is 10.9 Å². The molecule has 1 amide bonds. The van der Waals surface area contributed by atoms with Crippen molar-refractivity contribution >= 4 is 40.2 Å². The summed E-state index contributed by atoms with van der Waals surface area (Å²) in [5, 5.41) is 0. The Bertz CT molecular complexity index is 612. The van der Waals surface area contributed by atoms with Gasteiger partial charge in [-0.25, -0.2) is 0 Å². The van der Waals surface area contributed by atoms with Crippen LogP contribution >= 0.6 is 22.9 Å². The molecule has 2 rings (SSSR count). The van der Waals surface area contributed by atoms with Crippen molar-refractivity contribution < 1.29 is 4.79 Å². The van der Waals surface area contributed by atoms with Crippen molar-refractivity contribution in [3.63, 3.8) is 0 Å². The molecule has 0 saturated carbocycles. The number of nitrogen functional groups attached to an aromatic ring is 1. The number of carbonyl (C=O) groups excluding carboxylic acids is 1. The molecule has 0 atom stereocenters. The van der Waals surface area contributed by atoms with Crippen LogP contribution in [0.15, 0.2) is 36.4 Å². The number of halogens is 1. The third kappa shape index (κ3) is 4.46. The number of carbonyl (C=O) groups is 1. The molecule has 4 nitrogen and oxygen atoms in total. The van der Waals surface area contributed by atoms with Crippen LogP contribution in [0, 0.1) is 0 Å². The Morgan fingerprint density at radius 2 is 1.86 bits per heavy atom. The number of benzene rings is 1. The monoisotopic (exact) mass is 323 g/mol. The first-order chi connectivity index (χ1) is 9.95. The van der Waals surface area contributed by atoms with E-state index in [1.54, 1.807) is 24.1 Å². The zero-order valence-corrected chi connectivity index (χ0v) is 13.6. The van der Waals surface area contributed by atoms with Gasteiger partial charge in [-0.05, 0) is 43.4 Å². The molecule has 2 aromatic rings. The van der Waals surface area contributed by atoms with E-state index in [9.17, 15) is 4.79 Å². The Balaban J connectivity index is 1.92. The minimum atomic E-state index is 0.0323. The molecular weight excluding hydrogens is 306 g/mol. The normalized spacial score (nSPS) is 10.9. The molecule has 0 aliphatic rings. The highest BCUT2D eigenvalue weighted by atomic mass is 35.5. The fourth-order valence-electron chi connectivity index (χ4n) is 1.94. The fraction of sp³-hybridized carbons (Fsp3) is 0.267. The molecule has 0 aliphatic carbocycles. The molecule has 0 fully saturated rings. The van der Waals surface area contributed by atoms with E-state index in [0.717, 1.165) is 14.9 Å². The molecule has 21 heavy (non-hydrogen) atoms. The third-order valence-electron chi connectivity index (χ3n) is 3.11. The Morgan fingerprint density at radius 3 is 2.43 bits per heavy atom. The highest BCUT2D eigenvalue weighted by Crippen LogP contribution is 2.22. The van der Waals surface area contributed by atoms with Gasteiger partial charge in [-0.15, -0.1) is 11.3 Å². The average molecular weight is 324 g/mol. The minimum Gasteiger partial charge on any atom is -0.399 e. The van der Waals surface area contributed by atoms with E-state index < -0.39 is 0 Å². The van der Waals surface area contributed by atoms with Crippen molar-refractivity contribution in [2.45, 2.75) is 6.54 Å². The maximum atomic E-state index is 12.3. The van der Waals surface area contributed by atoms with Crippen molar-refractivity contribution in [1.29, 1.82) is 0 Å². The number of nitrogens with zero attached hydrogens (tertiary/aromatic N) is 2. The predicted molar refractivity (Wildman–Crippen MR) is 89.9 cm³/mol. The van der Waals surface area contributed by atoms with Gasteiger partial charge in [-0.2, -0.15) is 0 Å². The zero-order valence-electron chi connectivity index (χ0n) is 12.0. The van der Waals surface area contributed by atoms with Gasteiger partial charge in [0, 0.05) is 29.8 Å². The summed E-state index contributed by atoms with van der Waals surface area (Å²) in [7, 11) is 3.69. The molecule has 6 heteroatoms. The van der Waals surface area contributed by atoms with Crippen LogP contribution in [-0.4, -0.2) is 31.4 Å². The van der Waals surface area contributed by atoms with E-state index in [0.29, 0.717) is 18.8 Å². The van der Waals surface area contributed by atoms with Crippen LogP contribution < -0.4 is 10.6 Å². The lowest BCUT2D eigenvalue weighted by Crippen LogP contribution is -2.36. The van der Waals surface area contributed by atoms with Crippen LogP contribution in [0.4, 0.5) is 11.4 Å². The highest BCUT2D eigenvalue weighted by Gasteiger charge is 2.14. The number of hydrogen-bond acceptors (Lipinski definition) is 4. The van der Waals surface area contributed by atoms with Crippen LogP contribution in [0.5, 0.6) is 0 Å². The fourth-order valence-corrected chi connectivity index (χ4v) is 3.11. The molecule has 1 aromatic heterocycles. The van der Waals surface area contributed by atoms with Gasteiger partial charge in [0.2, 0.25) is 5.91 Å². The number of nitrogens with two attached hydrogens (primary N) is 1. The third-order valence-corrected chi connectivity index (χ3v) is 4.33. The molecule has 0 bridgehead atoms. The highest BCUT2D eigenvalue weighted by molar-refractivity contribution is 7.16. The second-order valence-electron chi connectivity index (χ2n) is 4.92. The van der Waals surface area contributed by atoms with Gasteiger partial charge in [-0.1, -0.05) is 11.6 Å². The Hall–Kier alpha value is -1.56. The van der Waals surface area contributed by atoms with E-state index >= 15 is 0 Å². The average Bonchev–Trinajstić information content (AvgIpc) is 2.83. The number of anilines is 2. The summed E-state index contributed by atoms with van der Waals surface area (Å²) in [5.74, 6) is 0.0323. The summed E-state index contributed by atoms with van der Waals surface area (Å²) in [4.78, 5) is 17.0. The van der Waals surface area contributed by atoms with Crippen LogP contribution in [0.2, 0.25) is 4.34 Å². The summed E-state index contributed by atoms with van der Waals surface area (Å²) in [6.07, 6.45) is 0. The Labute approximate surface area is 133 Å². The maximum absolute atomic E-state index is 12.3. The van der Waals surface area contributed by atoms with Crippen molar-refractivity contribution in [3.8, 4) is 0 Å². The van der Waals surface area contributed by atoms with Crippen molar-refractivity contribution in [2.75, 3.05) is 31.3 Å². The molecule has 0 unspecified atom stereocenters. The van der Waals surface area contributed by atoms with Crippen molar-refractivity contribution in [2.24, 2.45) is 0 Å². The van der Waals surface area contributed by atoms with Gasteiger partial charge >= 0.3 is 0 Å². The van der Waals surface area contributed by atoms with Gasteiger partial charge in [0.15, 0.2) is 0 Å². The predicted octanol–water partition coefficient (Wildman–Crippen LogP) is 3.08. The maximum Gasteiger partial charge on any atom is 0.240 e. The van der Waals surface area contributed by atoms with E-state index in [4.69, 9.17) is 17.3 Å². The smallest absolute Gasteiger partial charge is 0.240 e. The van der Waals surface area contributed by atoms with E-state index in [2.05, 4.69) is 0 Å². The van der Waals surface area contributed by atoms with Crippen LogP contribution in [0.1, 0.15) is 4.88 Å². The lowest BCUT2D eigenvalue weighted by Gasteiger charge is -2.21. The SMILES string of the molecule is CN(CC(=O)N(C)c1ccc(N)cc1)Cc1ccc(Cl)s1. The minimum absolute atomic E-state index is 0.0323. The Morgan fingerprint density at radius 1 is 1.19 bits per heavy atom. The number of hydrogen-bond donors (Lipinski definition) is 1. The Kier molecular flexibility index (Phi) is 5.22. The van der Waals surface area contributed by atoms with E-state index in [1.807, 2.05) is 36.2 Å². The van der Waals surface area contributed by atoms with Gasteiger partial charge < -0.3 is 10.6 Å². The molecular formula is C15H18ClN3OS. The molecule has 1 aromatic carbocycles. The summed E-state index contributed by atoms with van der Waals surface area (Å²) < 4.78 is 0.767. The molecule has 0 aliphatic heterocycles. The standard InChI is InChI=1S/C15H18ClN3OS/c1-18(9-13-7-8-14(16)21-13)10-15(20)19(2)12-5-3-11(17)4-6-12/h3-8H,9-10,17H2,1-2H3. The molecule has 2 N–H and O–H groups in total. The first-order valence-corrected chi connectivity index (χ1v) is 7.70. The number of amides is 1. The van der Waals surface area contributed by atoms with Crippen molar-refractivity contribution in [1.82, 2.24) is 4.90 Å². The quantitative estimate of drug-likeness (QED) is 0.860. The molecule has 0 saturated heterocycles. The molecule has 1 heterocycles. The lowest BCUT2D eigenvalue weighted by molar-refractivity contribution is -0.119. The summed E-state index contributed by atoms with van der Waals surface area (Å²) in [6, 6.07) is 11.1. The largest absolute Gasteiger partial charge is 0.399 e. The van der Waals surface area contributed by atoms with Gasteiger partial charge in [0.25, 0.3) is 0 Å². The van der Waals surface area contributed by atoms with Crippen LogP contribution in [0.25, 0.3) is 0 Å². The number of thiophene rings is 1. The molecule has 0 radical (unpaired) electrons. The topological polar surface area (TPSA) is 49.6 Å². The van der Waals surface area contributed by atoms with Gasteiger partial charge in [0.1, 0.15) is 0 Å². The number of rotatable bonds is 5. The zero-order chi connectivity index (χ0) is 15.4. The van der Waals surface area contributed by atoms with Crippen LogP contribution in [0.3, 0.4) is 0 Å². The summed E-state index contributed by atoms with van der Waals surface area (Å²) >= 11 is 7.44. The second kappa shape index (κ2) is 6.93. The summed E-state index contributed by atoms with van der Waals surface area (Å²) in [5.41, 5.74) is 7.17. The van der Waals surface area contributed by atoms with E-state index in [-0.39, 0.29) is 5.91 Å². The van der Waals surface area contributed by atoms with Crippen molar-refractivity contribution in [3.05, 3.63) is 45.6 Å². The van der Waals surface area contributed by atoms with Gasteiger partial charge in [-0.3, -0.25) is 9.69 Å². The second-order valence-corrected chi connectivity index (χ2v) is 6.72.